The van der Waals surface area contributed by atoms with Gasteiger partial charge in [-0.05, 0) is 109 Å². The van der Waals surface area contributed by atoms with E-state index in [0.29, 0.717) is 31.2 Å². The van der Waals surface area contributed by atoms with E-state index in [1.165, 1.54) is 35.0 Å². The molecule has 5 aromatic rings. The molecule has 8 rings (SSSR count). The normalized spacial score (nSPS) is 18.0. The van der Waals surface area contributed by atoms with Crippen molar-refractivity contribution in [3.8, 4) is 11.5 Å². The van der Waals surface area contributed by atoms with Gasteiger partial charge in [-0.3, -0.25) is 19.8 Å². The molecule has 0 bridgehead atoms. The van der Waals surface area contributed by atoms with Crippen LogP contribution in [0.15, 0.2) is 95.7 Å². The number of carbonyl (C=O) groups excluding carboxylic acids is 1. The number of halogens is 1. The average Bonchev–Trinajstić information content (AvgIpc) is 3.75. The quantitative estimate of drug-likeness (QED) is 0.0716. The summed E-state index contributed by atoms with van der Waals surface area (Å²) in [5, 5.41) is 16.9. The van der Waals surface area contributed by atoms with Crippen LogP contribution in [0.1, 0.15) is 75.2 Å². The second kappa shape index (κ2) is 18.3. The fourth-order valence-electron chi connectivity index (χ4n) is 8.94. The SMILES string of the molecule is CCC1(CNc2ccc(S(=O)(=O)NC(=O)c3ccc(N4CCN(CC5=C(c6ccc(Cl)cc6)CC(C)(C)CC5)CC4)cc3Oc3cnc4[nH]ccc4c3)cc2[N+](=O)[O-])CCOCC1. The van der Waals surface area contributed by atoms with Gasteiger partial charge in [-0.25, -0.2) is 18.1 Å². The first kappa shape index (κ1) is 44.1. The highest BCUT2D eigenvalue weighted by Gasteiger charge is 2.33. The summed E-state index contributed by atoms with van der Waals surface area (Å²) in [6, 6.07) is 20.5. The van der Waals surface area contributed by atoms with Gasteiger partial charge in [0.25, 0.3) is 21.6 Å². The number of nitrogens with one attached hydrogen (secondary N) is 3. The lowest BCUT2D eigenvalue weighted by Gasteiger charge is -2.39. The predicted molar refractivity (Wildman–Crippen MR) is 246 cm³/mol. The third kappa shape index (κ3) is 10.2. The van der Waals surface area contributed by atoms with Crippen LogP contribution in [0.25, 0.3) is 16.6 Å². The van der Waals surface area contributed by atoms with E-state index in [9.17, 15) is 23.3 Å². The highest BCUT2D eigenvalue weighted by atomic mass is 35.5. The first-order chi connectivity index (χ1) is 30.2. The highest BCUT2D eigenvalue weighted by Crippen LogP contribution is 2.44. The van der Waals surface area contributed by atoms with Crippen molar-refractivity contribution in [3.63, 3.8) is 0 Å². The number of allylic oxidation sites excluding steroid dienone is 1. The van der Waals surface area contributed by atoms with E-state index >= 15 is 0 Å². The second-order valence-corrected chi connectivity index (χ2v) is 19.9. The molecular weight excluding hydrogens is 842 g/mol. The zero-order chi connectivity index (χ0) is 44.4. The van der Waals surface area contributed by atoms with Crippen LogP contribution in [-0.2, 0) is 14.8 Å². The molecule has 16 heteroatoms. The van der Waals surface area contributed by atoms with E-state index in [1.807, 2.05) is 18.2 Å². The topological polar surface area (TPSA) is 172 Å². The van der Waals surface area contributed by atoms with Gasteiger partial charge >= 0.3 is 0 Å². The lowest BCUT2D eigenvalue weighted by atomic mass is 9.72. The molecule has 2 fully saturated rings. The molecule has 332 valence electrons. The van der Waals surface area contributed by atoms with Gasteiger partial charge in [-0.1, -0.05) is 50.1 Å². The summed E-state index contributed by atoms with van der Waals surface area (Å²) in [6.07, 6.45) is 8.97. The summed E-state index contributed by atoms with van der Waals surface area (Å²) < 4.78 is 41.5. The molecule has 0 radical (unpaired) electrons. The molecule has 0 saturated carbocycles. The number of aromatic amines is 1. The molecule has 14 nitrogen and oxygen atoms in total. The minimum atomic E-state index is -4.57. The van der Waals surface area contributed by atoms with Crippen LogP contribution in [0.4, 0.5) is 17.1 Å². The lowest BCUT2D eigenvalue weighted by Crippen LogP contribution is -2.47. The van der Waals surface area contributed by atoms with Crippen molar-refractivity contribution in [3.05, 3.63) is 117 Å². The maximum absolute atomic E-state index is 14.0. The Morgan fingerprint density at radius 1 is 1.00 bits per heavy atom. The molecule has 63 heavy (non-hydrogen) atoms. The molecule has 0 spiro atoms. The number of hydrogen-bond donors (Lipinski definition) is 3. The first-order valence-corrected chi connectivity index (χ1v) is 23.4. The molecule has 1 amide bonds. The number of nitro groups is 1. The summed E-state index contributed by atoms with van der Waals surface area (Å²) in [6.45, 7) is 12.4. The van der Waals surface area contributed by atoms with E-state index < -0.39 is 31.4 Å². The molecule has 3 N–H and O–H groups in total. The number of fused-ring (bicyclic) bond motifs is 1. The smallest absolute Gasteiger partial charge is 0.293 e. The van der Waals surface area contributed by atoms with E-state index in [-0.39, 0.29) is 27.8 Å². The van der Waals surface area contributed by atoms with Crippen molar-refractivity contribution in [2.45, 2.75) is 64.2 Å². The van der Waals surface area contributed by atoms with Gasteiger partial charge in [0.05, 0.1) is 21.6 Å². The number of aromatic nitrogens is 2. The largest absolute Gasteiger partial charge is 0.455 e. The molecule has 2 aromatic heterocycles. The fourth-order valence-corrected chi connectivity index (χ4v) is 10.0. The Kier molecular flexibility index (Phi) is 12.8. The number of hydrogen-bond acceptors (Lipinski definition) is 11. The number of amides is 1. The number of nitrogens with zero attached hydrogens (tertiary/aromatic N) is 4. The molecule has 0 unspecified atom stereocenters. The van der Waals surface area contributed by atoms with Crippen molar-refractivity contribution in [2.75, 3.05) is 62.7 Å². The summed E-state index contributed by atoms with van der Waals surface area (Å²) >= 11 is 6.24. The zero-order valence-electron chi connectivity index (χ0n) is 35.9. The van der Waals surface area contributed by atoms with Crippen LogP contribution in [0.3, 0.4) is 0 Å². The van der Waals surface area contributed by atoms with E-state index in [2.05, 4.69) is 62.7 Å². The molecule has 3 aliphatic rings. The molecule has 2 aliphatic heterocycles. The minimum Gasteiger partial charge on any atom is -0.455 e. The number of anilines is 2. The first-order valence-electron chi connectivity index (χ1n) is 21.6. The summed E-state index contributed by atoms with van der Waals surface area (Å²) in [7, 11) is -4.57. The number of sulfonamides is 1. The highest BCUT2D eigenvalue weighted by molar-refractivity contribution is 7.90. The zero-order valence-corrected chi connectivity index (χ0v) is 37.5. The van der Waals surface area contributed by atoms with E-state index in [1.54, 1.807) is 30.5 Å². The number of nitro benzene ring substituents is 1. The van der Waals surface area contributed by atoms with Crippen LogP contribution in [0.2, 0.25) is 5.02 Å². The molecule has 4 heterocycles. The Bertz CT molecular complexity index is 2630. The molecule has 2 saturated heterocycles. The lowest BCUT2D eigenvalue weighted by molar-refractivity contribution is -0.384. The van der Waals surface area contributed by atoms with Gasteiger partial charge in [0.1, 0.15) is 22.8 Å². The van der Waals surface area contributed by atoms with E-state index in [0.717, 1.165) is 93.4 Å². The number of rotatable bonds is 14. The molecule has 0 atom stereocenters. The van der Waals surface area contributed by atoms with Gasteiger partial charge in [-0.2, -0.15) is 0 Å². The van der Waals surface area contributed by atoms with Crippen LogP contribution < -0.4 is 19.7 Å². The predicted octanol–water partition coefficient (Wildman–Crippen LogP) is 9.44. The van der Waals surface area contributed by atoms with Crippen molar-refractivity contribution in [2.24, 2.45) is 10.8 Å². The van der Waals surface area contributed by atoms with Crippen molar-refractivity contribution < 1.29 is 27.6 Å². The minimum absolute atomic E-state index is 0.0360. The Morgan fingerprint density at radius 3 is 2.49 bits per heavy atom. The second-order valence-electron chi connectivity index (χ2n) is 17.8. The van der Waals surface area contributed by atoms with Crippen molar-refractivity contribution in [1.29, 1.82) is 0 Å². The summed E-state index contributed by atoms with van der Waals surface area (Å²) in [5.41, 5.74) is 5.46. The van der Waals surface area contributed by atoms with Crippen LogP contribution in [-0.4, -0.2) is 86.6 Å². The van der Waals surface area contributed by atoms with Crippen LogP contribution in [0, 0.1) is 20.9 Å². The number of ether oxygens (including phenoxy) is 2. The Labute approximate surface area is 373 Å². The Morgan fingerprint density at radius 2 is 1.76 bits per heavy atom. The Balaban J connectivity index is 1.01. The Hall–Kier alpha value is -5.48. The molecule has 3 aromatic carbocycles. The number of benzene rings is 3. The molecule has 1 aliphatic carbocycles. The summed E-state index contributed by atoms with van der Waals surface area (Å²) in [5.74, 6) is -0.470. The third-order valence-corrected chi connectivity index (χ3v) is 14.6. The summed E-state index contributed by atoms with van der Waals surface area (Å²) in [4.78, 5) is 37.3. The van der Waals surface area contributed by atoms with Crippen LogP contribution >= 0.6 is 11.6 Å². The van der Waals surface area contributed by atoms with Gasteiger partial charge < -0.3 is 24.7 Å². The maximum Gasteiger partial charge on any atom is 0.293 e. The third-order valence-electron chi connectivity index (χ3n) is 13.0. The van der Waals surface area contributed by atoms with Gasteiger partial charge in [0.15, 0.2) is 0 Å². The van der Waals surface area contributed by atoms with Crippen molar-refractivity contribution >= 4 is 61.2 Å². The van der Waals surface area contributed by atoms with Gasteiger partial charge in [0.2, 0.25) is 0 Å². The maximum atomic E-state index is 14.0. The van der Waals surface area contributed by atoms with Gasteiger partial charge in [-0.15, -0.1) is 0 Å². The number of pyridine rings is 1. The standard InChI is InChI=1S/C47H54ClN7O7S/c1-4-47(16-23-61-24-17-47)31-51-41-12-10-38(27-42(41)55(57)58)63(59,60)52-45(56)39-11-9-36(26-43(39)62-37-25-33-14-18-49-44(33)50-29-37)54-21-19-53(20-22-54)30-34-13-15-46(2,3)28-40(34)32-5-7-35(48)8-6-32/h5-12,14,18,25-27,29,51H,4,13,15-17,19-24,28,30-31H2,1-3H3,(H,49,50)(H,52,56). The van der Waals surface area contributed by atoms with Crippen molar-refractivity contribution in [1.82, 2.24) is 19.6 Å². The average molecular weight is 897 g/mol. The molecular formula is C47H54ClN7O7S. The fraction of sp³-hybridized carbons (Fsp3) is 0.404. The number of carbonyl (C=O) groups is 1. The monoisotopic (exact) mass is 895 g/mol. The number of H-pyrrole nitrogens is 1. The van der Waals surface area contributed by atoms with E-state index in [4.69, 9.17) is 21.1 Å². The van der Waals surface area contributed by atoms with Gasteiger partial charge in [0, 0.05) is 86.9 Å². The number of piperazine rings is 1. The van der Waals surface area contributed by atoms with Crippen LogP contribution in [0.5, 0.6) is 11.5 Å².